The first-order chi connectivity index (χ1) is 9.22. The average Bonchev–Trinajstić information content (AvgIpc) is 2.83. The number of carbonyl (C=O) groups is 1. The zero-order valence-electron chi connectivity index (χ0n) is 11.5. The van der Waals surface area contributed by atoms with Crippen LogP contribution >= 0.6 is 11.8 Å². The van der Waals surface area contributed by atoms with E-state index in [1.165, 1.54) is 0 Å². The van der Waals surface area contributed by atoms with Crippen LogP contribution in [0, 0.1) is 0 Å². The first-order valence-electron chi connectivity index (χ1n) is 6.82. The Morgan fingerprint density at radius 3 is 3.11 bits per heavy atom. The molecule has 0 fully saturated rings. The van der Waals surface area contributed by atoms with Gasteiger partial charge in [-0.2, -0.15) is 11.8 Å². The smallest absolute Gasteiger partial charge is 0.231 e. The molecule has 0 saturated carbocycles. The van der Waals surface area contributed by atoms with E-state index in [0.717, 1.165) is 29.2 Å². The third-order valence-corrected chi connectivity index (χ3v) is 4.24. The lowest BCUT2D eigenvalue weighted by molar-refractivity contribution is -0.123. The highest BCUT2D eigenvalue weighted by molar-refractivity contribution is 7.99. The molecule has 0 aromatic heterocycles. The second-order valence-electron chi connectivity index (χ2n) is 4.80. The Balaban J connectivity index is 1.88. The second kappa shape index (κ2) is 6.85. The maximum absolute atomic E-state index is 12.3. The van der Waals surface area contributed by atoms with Gasteiger partial charge in [0.15, 0.2) is 0 Å². The predicted molar refractivity (Wildman–Crippen MR) is 79.9 cm³/mol. The van der Waals surface area contributed by atoms with E-state index in [-0.39, 0.29) is 17.9 Å². The number of amides is 1. The molecule has 2 rings (SSSR count). The summed E-state index contributed by atoms with van der Waals surface area (Å²) in [6, 6.07) is 8.01. The Morgan fingerprint density at radius 2 is 2.32 bits per heavy atom. The van der Waals surface area contributed by atoms with Gasteiger partial charge in [0.1, 0.15) is 18.3 Å². The third-order valence-electron chi connectivity index (χ3n) is 3.30. The third kappa shape index (κ3) is 3.66. The highest BCUT2D eigenvalue weighted by Crippen LogP contribution is 2.33. The van der Waals surface area contributed by atoms with Crippen LogP contribution in [0.5, 0.6) is 5.75 Å². The Hall–Kier alpha value is -1.16. The number of nitrogens with one attached hydrogen (secondary N) is 1. The van der Waals surface area contributed by atoms with Gasteiger partial charge in [0.05, 0.1) is 0 Å². The Morgan fingerprint density at radius 1 is 1.53 bits per heavy atom. The predicted octanol–water partition coefficient (Wildman–Crippen LogP) is 2.81. The van der Waals surface area contributed by atoms with Gasteiger partial charge in [-0.25, -0.2) is 0 Å². The molecule has 104 valence electrons. The Bertz CT molecular complexity index is 436. The SMILES string of the molecule is CCSCC[C@@H](C)NC(=O)[C@@H]1COc2ccccc21. The summed E-state index contributed by atoms with van der Waals surface area (Å²) in [6.45, 7) is 4.68. The van der Waals surface area contributed by atoms with Crippen molar-refractivity contribution < 1.29 is 9.53 Å². The minimum atomic E-state index is -0.155. The highest BCUT2D eigenvalue weighted by Gasteiger charge is 2.30. The molecule has 4 heteroatoms. The maximum atomic E-state index is 12.3. The molecule has 1 aliphatic heterocycles. The van der Waals surface area contributed by atoms with E-state index in [1.807, 2.05) is 36.0 Å². The normalized spacial score (nSPS) is 18.5. The van der Waals surface area contributed by atoms with Crippen LogP contribution in [-0.2, 0) is 4.79 Å². The molecule has 0 aliphatic carbocycles. The molecule has 3 nitrogen and oxygen atoms in total. The van der Waals surface area contributed by atoms with E-state index in [4.69, 9.17) is 4.74 Å². The summed E-state index contributed by atoms with van der Waals surface area (Å²) < 4.78 is 5.55. The number of ether oxygens (including phenoxy) is 1. The molecular weight excluding hydrogens is 258 g/mol. The quantitative estimate of drug-likeness (QED) is 0.814. The van der Waals surface area contributed by atoms with Gasteiger partial charge in [-0.15, -0.1) is 0 Å². The van der Waals surface area contributed by atoms with Crippen molar-refractivity contribution in [2.45, 2.75) is 32.2 Å². The van der Waals surface area contributed by atoms with Crippen LogP contribution in [0.15, 0.2) is 24.3 Å². The molecule has 1 aromatic rings. The zero-order chi connectivity index (χ0) is 13.7. The molecule has 1 heterocycles. The van der Waals surface area contributed by atoms with Gasteiger partial charge in [0.25, 0.3) is 0 Å². The number of fused-ring (bicyclic) bond motifs is 1. The van der Waals surface area contributed by atoms with Crippen LogP contribution in [0.2, 0.25) is 0 Å². The van der Waals surface area contributed by atoms with Crippen molar-refractivity contribution in [3.05, 3.63) is 29.8 Å². The summed E-state index contributed by atoms with van der Waals surface area (Å²) in [5, 5.41) is 3.09. The summed E-state index contributed by atoms with van der Waals surface area (Å²) in [5.74, 6) is 2.99. The van der Waals surface area contributed by atoms with Crippen LogP contribution in [0.4, 0.5) is 0 Å². The van der Waals surface area contributed by atoms with Crippen molar-refractivity contribution >= 4 is 17.7 Å². The molecule has 0 unspecified atom stereocenters. The molecule has 1 amide bonds. The Labute approximate surface area is 119 Å². The van der Waals surface area contributed by atoms with E-state index in [1.54, 1.807) is 0 Å². The number of carbonyl (C=O) groups excluding carboxylic acids is 1. The van der Waals surface area contributed by atoms with Crippen molar-refractivity contribution in [3.8, 4) is 5.75 Å². The second-order valence-corrected chi connectivity index (χ2v) is 6.19. The summed E-state index contributed by atoms with van der Waals surface area (Å²) in [7, 11) is 0. The van der Waals surface area contributed by atoms with E-state index in [2.05, 4.69) is 19.2 Å². The average molecular weight is 279 g/mol. The summed E-state index contributed by atoms with van der Waals surface area (Å²) in [5.41, 5.74) is 1.01. The van der Waals surface area contributed by atoms with E-state index in [9.17, 15) is 4.79 Å². The van der Waals surface area contributed by atoms with Gasteiger partial charge >= 0.3 is 0 Å². The molecule has 19 heavy (non-hydrogen) atoms. The fourth-order valence-corrected chi connectivity index (χ4v) is 3.01. The largest absolute Gasteiger partial charge is 0.492 e. The number of para-hydroxylation sites is 1. The number of hydrogen-bond donors (Lipinski definition) is 1. The summed E-state index contributed by atoms with van der Waals surface area (Å²) in [4.78, 5) is 12.3. The Kier molecular flexibility index (Phi) is 5.14. The molecule has 1 N–H and O–H groups in total. The summed E-state index contributed by atoms with van der Waals surface area (Å²) >= 11 is 1.91. The minimum absolute atomic E-state index is 0.0824. The topological polar surface area (TPSA) is 38.3 Å². The van der Waals surface area contributed by atoms with Crippen molar-refractivity contribution in [2.75, 3.05) is 18.1 Å². The number of thioether (sulfide) groups is 1. The highest BCUT2D eigenvalue weighted by atomic mass is 32.2. The van der Waals surface area contributed by atoms with E-state index >= 15 is 0 Å². The summed E-state index contributed by atoms with van der Waals surface area (Å²) in [6.07, 6.45) is 1.01. The van der Waals surface area contributed by atoms with Crippen molar-refractivity contribution in [1.29, 1.82) is 0 Å². The lowest BCUT2D eigenvalue weighted by Crippen LogP contribution is -2.37. The first kappa shape index (κ1) is 14.3. The monoisotopic (exact) mass is 279 g/mol. The van der Waals surface area contributed by atoms with Gasteiger partial charge in [0, 0.05) is 11.6 Å². The van der Waals surface area contributed by atoms with Crippen molar-refractivity contribution in [2.24, 2.45) is 0 Å². The molecular formula is C15H21NO2S. The molecule has 1 aliphatic rings. The molecule has 0 saturated heterocycles. The van der Waals surface area contributed by atoms with Crippen LogP contribution in [0.1, 0.15) is 31.7 Å². The first-order valence-corrected chi connectivity index (χ1v) is 7.97. The van der Waals surface area contributed by atoms with Gasteiger partial charge in [-0.1, -0.05) is 25.1 Å². The van der Waals surface area contributed by atoms with E-state index in [0.29, 0.717) is 6.61 Å². The lowest BCUT2D eigenvalue weighted by Gasteiger charge is -2.16. The molecule has 0 spiro atoms. The molecule has 2 atom stereocenters. The number of hydrogen-bond acceptors (Lipinski definition) is 3. The van der Waals surface area contributed by atoms with Crippen LogP contribution in [-0.4, -0.2) is 30.1 Å². The molecule has 1 aromatic carbocycles. The van der Waals surface area contributed by atoms with Crippen LogP contribution in [0.3, 0.4) is 0 Å². The standard InChI is InChI=1S/C15H21NO2S/c1-3-19-9-8-11(2)16-15(17)13-10-18-14-7-5-4-6-12(13)14/h4-7,11,13H,3,8-10H2,1-2H3,(H,16,17)/t11-,13-/m1/s1. The number of benzene rings is 1. The van der Waals surface area contributed by atoms with Crippen molar-refractivity contribution in [1.82, 2.24) is 5.32 Å². The van der Waals surface area contributed by atoms with Gasteiger partial charge in [-0.3, -0.25) is 4.79 Å². The van der Waals surface area contributed by atoms with Gasteiger partial charge in [0.2, 0.25) is 5.91 Å². The molecule has 0 radical (unpaired) electrons. The van der Waals surface area contributed by atoms with E-state index < -0.39 is 0 Å². The van der Waals surface area contributed by atoms with Crippen LogP contribution < -0.4 is 10.1 Å². The van der Waals surface area contributed by atoms with Gasteiger partial charge in [-0.05, 0) is 30.9 Å². The fraction of sp³-hybridized carbons (Fsp3) is 0.533. The zero-order valence-corrected chi connectivity index (χ0v) is 12.3. The number of rotatable bonds is 6. The van der Waals surface area contributed by atoms with Gasteiger partial charge < -0.3 is 10.1 Å². The lowest BCUT2D eigenvalue weighted by atomic mass is 10.00. The maximum Gasteiger partial charge on any atom is 0.231 e. The molecule has 0 bridgehead atoms. The minimum Gasteiger partial charge on any atom is -0.492 e. The fourth-order valence-electron chi connectivity index (χ4n) is 2.20. The van der Waals surface area contributed by atoms with Crippen LogP contribution in [0.25, 0.3) is 0 Å². The van der Waals surface area contributed by atoms with Crippen molar-refractivity contribution in [3.63, 3.8) is 0 Å².